The molecule has 1 aliphatic carbocycles. The molecule has 29 heavy (non-hydrogen) atoms. The van der Waals surface area contributed by atoms with Gasteiger partial charge in [-0.25, -0.2) is 8.42 Å². The van der Waals surface area contributed by atoms with Crippen LogP contribution in [-0.4, -0.2) is 30.7 Å². The van der Waals surface area contributed by atoms with Gasteiger partial charge in [0, 0.05) is 12.6 Å². The summed E-state index contributed by atoms with van der Waals surface area (Å²) < 4.78 is 28.2. The molecule has 0 aromatic heterocycles. The summed E-state index contributed by atoms with van der Waals surface area (Å²) in [6, 6.07) is 15.6. The molecule has 0 saturated heterocycles. The van der Waals surface area contributed by atoms with Crippen LogP contribution in [0.1, 0.15) is 49.7 Å². The van der Waals surface area contributed by atoms with E-state index in [1.54, 1.807) is 30.3 Å². The Morgan fingerprint density at radius 2 is 1.48 bits per heavy atom. The van der Waals surface area contributed by atoms with E-state index in [1.165, 1.54) is 17.1 Å². The smallest absolute Gasteiger partial charge is 0.244 e. The first kappa shape index (κ1) is 20.1. The quantitative estimate of drug-likeness (QED) is 0.780. The van der Waals surface area contributed by atoms with E-state index >= 15 is 0 Å². The van der Waals surface area contributed by atoms with Gasteiger partial charge in [-0.2, -0.15) is 4.31 Å². The predicted molar refractivity (Wildman–Crippen MR) is 113 cm³/mol. The largest absolute Gasteiger partial charge is 0.352 e. The van der Waals surface area contributed by atoms with E-state index in [0.29, 0.717) is 6.42 Å². The average Bonchev–Trinajstić information content (AvgIpc) is 3.02. The maximum absolute atomic E-state index is 13.4. The molecule has 1 heterocycles. The van der Waals surface area contributed by atoms with E-state index in [9.17, 15) is 13.2 Å². The number of sulfonamides is 1. The highest BCUT2D eigenvalue weighted by atomic mass is 32.2. The number of hydrogen-bond acceptors (Lipinski definition) is 3. The number of nitrogens with zero attached hydrogens (tertiary/aromatic N) is 1. The molecule has 0 spiro atoms. The Balaban J connectivity index is 1.64. The summed E-state index contributed by atoms with van der Waals surface area (Å²) in [6.07, 6.45) is 6.99. The molecule has 1 amide bonds. The minimum Gasteiger partial charge on any atom is -0.352 e. The van der Waals surface area contributed by atoms with E-state index in [2.05, 4.69) is 5.32 Å². The van der Waals surface area contributed by atoms with E-state index in [4.69, 9.17) is 0 Å². The molecule has 1 atom stereocenters. The maximum atomic E-state index is 13.4. The first-order valence-electron chi connectivity index (χ1n) is 10.5. The minimum absolute atomic E-state index is 0.142. The maximum Gasteiger partial charge on any atom is 0.244 e. The van der Waals surface area contributed by atoms with Crippen molar-refractivity contribution in [1.29, 1.82) is 0 Å². The highest BCUT2D eigenvalue weighted by Gasteiger charge is 2.40. The van der Waals surface area contributed by atoms with Crippen molar-refractivity contribution in [3.63, 3.8) is 0 Å². The standard InChI is InChI=1S/C23H28N2O3S/c26-23(24-20-12-4-1-2-5-13-20)22-16-18-10-8-9-11-19(18)17-25(22)29(27,28)21-14-6-3-7-15-21/h3,6-11,14-15,20,22H,1-2,4-5,12-13,16-17H2,(H,24,26). The van der Waals surface area contributed by atoms with Crippen molar-refractivity contribution in [2.75, 3.05) is 0 Å². The van der Waals surface area contributed by atoms with Crippen molar-refractivity contribution < 1.29 is 13.2 Å². The normalized spacial score (nSPS) is 21.2. The van der Waals surface area contributed by atoms with Gasteiger partial charge in [-0.3, -0.25) is 4.79 Å². The summed E-state index contributed by atoms with van der Waals surface area (Å²) in [7, 11) is -3.77. The van der Waals surface area contributed by atoms with E-state index in [1.807, 2.05) is 24.3 Å². The molecule has 1 aliphatic heterocycles. The lowest BCUT2D eigenvalue weighted by atomic mass is 9.95. The van der Waals surface area contributed by atoms with Crippen molar-refractivity contribution in [3.8, 4) is 0 Å². The molecule has 0 bridgehead atoms. The van der Waals surface area contributed by atoms with Crippen molar-refractivity contribution in [3.05, 3.63) is 65.7 Å². The van der Waals surface area contributed by atoms with Gasteiger partial charge >= 0.3 is 0 Å². The summed E-state index contributed by atoms with van der Waals surface area (Å²) >= 11 is 0. The Morgan fingerprint density at radius 3 is 2.17 bits per heavy atom. The molecule has 1 saturated carbocycles. The Labute approximate surface area is 173 Å². The molecule has 2 aromatic rings. The minimum atomic E-state index is -3.77. The molecular weight excluding hydrogens is 384 g/mol. The third-order valence-corrected chi connectivity index (χ3v) is 7.93. The molecule has 4 rings (SSSR count). The fraction of sp³-hybridized carbons (Fsp3) is 0.435. The SMILES string of the molecule is O=C(NC1CCCCCC1)C1Cc2ccccc2CN1S(=O)(=O)c1ccccc1. The van der Waals surface area contributed by atoms with Crippen molar-refractivity contribution in [1.82, 2.24) is 9.62 Å². The number of carbonyl (C=O) groups excluding carboxylic acids is 1. The zero-order valence-corrected chi connectivity index (χ0v) is 17.4. The first-order chi connectivity index (χ1) is 14.1. The van der Waals surface area contributed by atoms with Gasteiger partial charge in [-0.1, -0.05) is 68.1 Å². The molecule has 154 valence electrons. The van der Waals surface area contributed by atoms with Crippen LogP contribution in [-0.2, 0) is 27.8 Å². The van der Waals surface area contributed by atoms with Gasteiger partial charge in [0.15, 0.2) is 0 Å². The molecule has 1 N–H and O–H groups in total. The average molecular weight is 413 g/mol. The zero-order valence-electron chi connectivity index (χ0n) is 16.6. The molecule has 2 aliphatic rings. The number of benzene rings is 2. The Bertz CT molecular complexity index is 951. The zero-order chi connectivity index (χ0) is 20.3. The van der Waals surface area contributed by atoms with Gasteiger partial charge < -0.3 is 5.32 Å². The highest BCUT2D eigenvalue weighted by molar-refractivity contribution is 7.89. The number of rotatable bonds is 4. The second-order valence-corrected chi connectivity index (χ2v) is 9.94. The monoisotopic (exact) mass is 412 g/mol. The van der Waals surface area contributed by atoms with Gasteiger partial charge in [0.05, 0.1) is 4.90 Å². The molecule has 5 nitrogen and oxygen atoms in total. The topological polar surface area (TPSA) is 66.5 Å². The Morgan fingerprint density at radius 1 is 0.862 bits per heavy atom. The molecule has 1 fully saturated rings. The van der Waals surface area contributed by atoms with Crippen LogP contribution in [0.2, 0.25) is 0 Å². The van der Waals surface area contributed by atoms with Crippen LogP contribution in [0.25, 0.3) is 0 Å². The summed E-state index contributed by atoms with van der Waals surface area (Å²) in [5.74, 6) is -0.175. The van der Waals surface area contributed by atoms with Crippen LogP contribution in [0.4, 0.5) is 0 Å². The molecular formula is C23H28N2O3S. The summed E-state index contributed by atoms with van der Waals surface area (Å²) in [4.78, 5) is 13.5. The molecule has 1 unspecified atom stereocenters. The van der Waals surface area contributed by atoms with Crippen LogP contribution >= 0.6 is 0 Å². The lowest BCUT2D eigenvalue weighted by Gasteiger charge is -2.35. The second-order valence-electron chi connectivity index (χ2n) is 8.05. The number of carbonyl (C=O) groups is 1. The van der Waals surface area contributed by atoms with E-state index in [0.717, 1.165) is 36.8 Å². The molecule has 2 aromatic carbocycles. The summed E-state index contributed by atoms with van der Waals surface area (Å²) in [6.45, 7) is 0.218. The van der Waals surface area contributed by atoms with Gasteiger partial charge in [0.25, 0.3) is 0 Å². The summed E-state index contributed by atoms with van der Waals surface area (Å²) in [5, 5.41) is 3.17. The number of hydrogen-bond donors (Lipinski definition) is 1. The number of nitrogens with one attached hydrogen (secondary N) is 1. The van der Waals surface area contributed by atoms with Gasteiger partial charge in [0.2, 0.25) is 15.9 Å². The van der Waals surface area contributed by atoms with Crippen molar-refractivity contribution in [2.24, 2.45) is 0 Å². The predicted octanol–water partition coefficient (Wildman–Crippen LogP) is 3.64. The van der Waals surface area contributed by atoms with Crippen molar-refractivity contribution in [2.45, 2.75) is 68.5 Å². The fourth-order valence-electron chi connectivity index (χ4n) is 4.42. The van der Waals surface area contributed by atoms with Gasteiger partial charge in [-0.05, 0) is 42.5 Å². The van der Waals surface area contributed by atoms with Crippen LogP contribution in [0.15, 0.2) is 59.5 Å². The van der Waals surface area contributed by atoms with E-state index < -0.39 is 16.1 Å². The van der Waals surface area contributed by atoms with Gasteiger partial charge in [0.1, 0.15) is 6.04 Å². The van der Waals surface area contributed by atoms with Crippen LogP contribution in [0.5, 0.6) is 0 Å². The number of amides is 1. The lowest BCUT2D eigenvalue weighted by molar-refractivity contribution is -0.126. The van der Waals surface area contributed by atoms with Crippen LogP contribution < -0.4 is 5.32 Å². The molecule has 6 heteroatoms. The lowest BCUT2D eigenvalue weighted by Crippen LogP contribution is -2.54. The fourth-order valence-corrected chi connectivity index (χ4v) is 6.01. The first-order valence-corrected chi connectivity index (χ1v) is 11.9. The van der Waals surface area contributed by atoms with Crippen LogP contribution in [0.3, 0.4) is 0 Å². The number of fused-ring (bicyclic) bond motifs is 1. The third-order valence-electron chi connectivity index (χ3n) is 6.06. The third kappa shape index (κ3) is 4.38. The summed E-state index contributed by atoms with van der Waals surface area (Å²) in [5.41, 5.74) is 2.01. The highest BCUT2D eigenvalue weighted by Crippen LogP contribution is 2.29. The molecule has 0 radical (unpaired) electrons. The van der Waals surface area contributed by atoms with Gasteiger partial charge in [-0.15, -0.1) is 0 Å². The van der Waals surface area contributed by atoms with E-state index in [-0.39, 0.29) is 23.4 Å². The Kier molecular flexibility index (Phi) is 6.01. The second kappa shape index (κ2) is 8.67. The van der Waals surface area contributed by atoms with Crippen molar-refractivity contribution >= 4 is 15.9 Å². The van der Waals surface area contributed by atoms with Crippen LogP contribution in [0, 0.1) is 0 Å². The Hall–Kier alpha value is -2.18.